The zero-order valence-corrected chi connectivity index (χ0v) is 15.8. The van der Waals surface area contributed by atoms with Gasteiger partial charge in [0.1, 0.15) is 18.9 Å². The normalized spacial score (nSPS) is 10.8. The quantitative estimate of drug-likeness (QED) is 0.673. The Bertz CT molecular complexity index is 1030. The van der Waals surface area contributed by atoms with Crippen LogP contribution in [0.2, 0.25) is 0 Å². The molecule has 3 aromatic rings. The van der Waals surface area contributed by atoms with E-state index >= 15 is 0 Å². The van der Waals surface area contributed by atoms with Crippen molar-refractivity contribution < 1.29 is 9.53 Å². The van der Waals surface area contributed by atoms with Crippen LogP contribution in [0.3, 0.4) is 0 Å². The molecular formula is C21H23N3O3. The largest absolute Gasteiger partial charge is 0.492 e. The predicted molar refractivity (Wildman–Crippen MR) is 105 cm³/mol. The summed E-state index contributed by atoms with van der Waals surface area (Å²) in [6, 6.07) is 15.1. The molecule has 0 N–H and O–H groups in total. The van der Waals surface area contributed by atoms with Crippen molar-refractivity contribution in [2.45, 2.75) is 20.4 Å². The summed E-state index contributed by atoms with van der Waals surface area (Å²) in [4.78, 5) is 26.6. The molecule has 0 unspecified atom stereocenters. The second kappa shape index (κ2) is 8.03. The van der Waals surface area contributed by atoms with Crippen LogP contribution in [0.4, 0.5) is 0 Å². The van der Waals surface area contributed by atoms with Crippen molar-refractivity contribution in [3.05, 3.63) is 70.1 Å². The van der Waals surface area contributed by atoms with Gasteiger partial charge in [0.05, 0.1) is 17.6 Å². The summed E-state index contributed by atoms with van der Waals surface area (Å²) in [5.41, 5.74) is 1.59. The first-order chi connectivity index (χ1) is 13.0. The summed E-state index contributed by atoms with van der Waals surface area (Å²) in [6.45, 7) is 4.55. The van der Waals surface area contributed by atoms with Gasteiger partial charge in [-0.05, 0) is 37.6 Å². The lowest BCUT2D eigenvalue weighted by atomic mass is 10.1. The highest BCUT2D eigenvalue weighted by atomic mass is 16.5. The highest BCUT2D eigenvalue weighted by Gasteiger charge is 2.14. The summed E-state index contributed by atoms with van der Waals surface area (Å²) in [5, 5.41) is 5.67. The number of ether oxygens (including phenoxy) is 1. The monoisotopic (exact) mass is 365 g/mol. The van der Waals surface area contributed by atoms with Gasteiger partial charge in [0.25, 0.3) is 5.56 Å². The number of hydrogen-bond acceptors (Lipinski definition) is 4. The fourth-order valence-electron chi connectivity index (χ4n) is 2.89. The standard InChI is InChI=1S/C21H23N3O3/c1-15-7-6-8-17(13-15)27-12-11-23(3)20(25)14-24-21(26)19-10-5-4-9-18(19)16(2)22-24/h4-10,13H,11-12,14H2,1-3H3. The fourth-order valence-corrected chi connectivity index (χ4v) is 2.89. The maximum absolute atomic E-state index is 12.6. The van der Waals surface area contributed by atoms with Gasteiger partial charge < -0.3 is 9.64 Å². The Labute approximate surface area is 158 Å². The zero-order valence-electron chi connectivity index (χ0n) is 15.8. The number of carbonyl (C=O) groups excluding carboxylic acids is 1. The van der Waals surface area contributed by atoms with E-state index < -0.39 is 0 Å². The number of nitrogens with zero attached hydrogens (tertiary/aromatic N) is 3. The number of carbonyl (C=O) groups is 1. The lowest BCUT2D eigenvalue weighted by molar-refractivity contribution is -0.131. The third-order valence-electron chi connectivity index (χ3n) is 4.45. The molecule has 0 saturated carbocycles. The third kappa shape index (κ3) is 4.34. The van der Waals surface area contributed by atoms with E-state index in [1.807, 2.05) is 56.3 Å². The topological polar surface area (TPSA) is 64.4 Å². The summed E-state index contributed by atoms with van der Waals surface area (Å²) < 4.78 is 6.91. The molecule has 0 bridgehead atoms. The number of hydrogen-bond donors (Lipinski definition) is 0. The van der Waals surface area contributed by atoms with Crippen LogP contribution in [-0.4, -0.2) is 40.8 Å². The molecule has 0 aliphatic carbocycles. The lowest BCUT2D eigenvalue weighted by Crippen LogP contribution is -2.37. The van der Waals surface area contributed by atoms with Crippen molar-refractivity contribution in [2.24, 2.45) is 0 Å². The molecule has 1 amide bonds. The molecule has 0 radical (unpaired) electrons. The van der Waals surface area contributed by atoms with Crippen molar-refractivity contribution >= 4 is 16.7 Å². The first kappa shape index (κ1) is 18.6. The van der Waals surface area contributed by atoms with Gasteiger partial charge in [-0.3, -0.25) is 9.59 Å². The number of aryl methyl sites for hydroxylation is 2. The van der Waals surface area contributed by atoms with Crippen LogP contribution >= 0.6 is 0 Å². The van der Waals surface area contributed by atoms with Crippen LogP contribution < -0.4 is 10.3 Å². The average molecular weight is 365 g/mol. The fraction of sp³-hybridized carbons (Fsp3) is 0.286. The number of aromatic nitrogens is 2. The molecule has 0 aliphatic rings. The highest BCUT2D eigenvalue weighted by molar-refractivity contribution is 5.83. The van der Waals surface area contributed by atoms with Gasteiger partial charge in [0.2, 0.25) is 5.91 Å². The third-order valence-corrected chi connectivity index (χ3v) is 4.45. The lowest BCUT2D eigenvalue weighted by Gasteiger charge is -2.18. The Kier molecular flexibility index (Phi) is 5.54. The van der Waals surface area contributed by atoms with Gasteiger partial charge in [0, 0.05) is 12.4 Å². The predicted octanol–water partition coefficient (Wildman–Crippen LogP) is 2.55. The van der Waals surface area contributed by atoms with Crippen LogP contribution in [0, 0.1) is 13.8 Å². The van der Waals surface area contributed by atoms with Crippen molar-refractivity contribution in [3.8, 4) is 5.75 Å². The number of likely N-dealkylation sites (N-methyl/N-ethyl adjacent to an activating group) is 1. The minimum Gasteiger partial charge on any atom is -0.492 e. The smallest absolute Gasteiger partial charge is 0.275 e. The SMILES string of the molecule is Cc1cccc(OCCN(C)C(=O)Cn2nc(C)c3ccccc3c2=O)c1. The molecule has 140 valence electrons. The Hall–Kier alpha value is -3.15. The van der Waals surface area contributed by atoms with Crippen molar-refractivity contribution in [1.29, 1.82) is 0 Å². The molecule has 0 spiro atoms. The number of fused-ring (bicyclic) bond motifs is 1. The summed E-state index contributed by atoms with van der Waals surface area (Å²) in [6.07, 6.45) is 0. The van der Waals surface area contributed by atoms with E-state index in [4.69, 9.17) is 4.74 Å². The molecule has 1 heterocycles. The van der Waals surface area contributed by atoms with Crippen LogP contribution in [0.15, 0.2) is 53.3 Å². The molecular weight excluding hydrogens is 342 g/mol. The molecule has 0 aliphatic heterocycles. The number of benzene rings is 2. The molecule has 0 saturated heterocycles. The van der Waals surface area contributed by atoms with E-state index in [-0.39, 0.29) is 18.0 Å². The molecule has 0 fully saturated rings. The van der Waals surface area contributed by atoms with Crippen molar-refractivity contribution in [3.63, 3.8) is 0 Å². The molecule has 3 rings (SSSR count). The highest BCUT2D eigenvalue weighted by Crippen LogP contribution is 2.13. The first-order valence-electron chi connectivity index (χ1n) is 8.85. The second-order valence-corrected chi connectivity index (χ2v) is 6.57. The minimum atomic E-state index is -0.256. The maximum atomic E-state index is 12.6. The Morgan fingerprint density at radius 2 is 1.85 bits per heavy atom. The van der Waals surface area contributed by atoms with E-state index in [1.54, 1.807) is 18.0 Å². The molecule has 0 atom stereocenters. The van der Waals surface area contributed by atoms with Gasteiger partial charge in [-0.25, -0.2) is 4.68 Å². The van der Waals surface area contributed by atoms with E-state index in [2.05, 4.69) is 5.10 Å². The van der Waals surface area contributed by atoms with Crippen molar-refractivity contribution in [1.82, 2.24) is 14.7 Å². The van der Waals surface area contributed by atoms with E-state index in [1.165, 1.54) is 4.68 Å². The first-order valence-corrected chi connectivity index (χ1v) is 8.85. The van der Waals surface area contributed by atoms with Gasteiger partial charge in [0.15, 0.2) is 0 Å². The van der Waals surface area contributed by atoms with Gasteiger partial charge in [-0.2, -0.15) is 5.10 Å². The number of amides is 1. The zero-order chi connectivity index (χ0) is 19.4. The number of rotatable bonds is 6. The Balaban J connectivity index is 1.64. The molecule has 6 nitrogen and oxygen atoms in total. The van der Waals surface area contributed by atoms with Gasteiger partial charge in [-0.1, -0.05) is 30.3 Å². The Morgan fingerprint density at radius 1 is 1.11 bits per heavy atom. The molecule has 1 aromatic heterocycles. The minimum absolute atomic E-state index is 0.0918. The van der Waals surface area contributed by atoms with E-state index in [0.29, 0.717) is 18.5 Å². The van der Waals surface area contributed by atoms with Gasteiger partial charge >= 0.3 is 0 Å². The average Bonchev–Trinajstić information content (AvgIpc) is 2.66. The molecule has 27 heavy (non-hydrogen) atoms. The maximum Gasteiger partial charge on any atom is 0.275 e. The van der Waals surface area contributed by atoms with Crippen LogP contribution in [-0.2, 0) is 11.3 Å². The summed E-state index contributed by atoms with van der Waals surface area (Å²) in [7, 11) is 1.70. The van der Waals surface area contributed by atoms with Crippen molar-refractivity contribution in [2.75, 3.05) is 20.2 Å². The van der Waals surface area contributed by atoms with Crippen LogP contribution in [0.1, 0.15) is 11.3 Å². The van der Waals surface area contributed by atoms with Gasteiger partial charge in [-0.15, -0.1) is 0 Å². The Morgan fingerprint density at radius 3 is 2.59 bits per heavy atom. The summed E-state index contributed by atoms with van der Waals surface area (Å²) in [5.74, 6) is 0.589. The van der Waals surface area contributed by atoms with E-state index in [0.717, 1.165) is 22.4 Å². The van der Waals surface area contributed by atoms with Crippen LogP contribution in [0.5, 0.6) is 5.75 Å². The van der Waals surface area contributed by atoms with Crippen LogP contribution in [0.25, 0.3) is 10.8 Å². The van der Waals surface area contributed by atoms with E-state index in [9.17, 15) is 9.59 Å². The molecule has 2 aromatic carbocycles. The summed E-state index contributed by atoms with van der Waals surface area (Å²) >= 11 is 0. The second-order valence-electron chi connectivity index (χ2n) is 6.57. The molecule has 6 heteroatoms.